The van der Waals surface area contributed by atoms with Gasteiger partial charge in [0.1, 0.15) is 5.78 Å². The number of Topliss-reactive ketones (excluding diaryl/α,β-unsaturated/α-hetero) is 2. The van der Waals surface area contributed by atoms with E-state index in [1.54, 1.807) is 12.1 Å². The maximum atomic E-state index is 11.9. The smallest absolute Gasteiger partial charge is 0.407 e. The van der Waals surface area contributed by atoms with Gasteiger partial charge in [-0.1, -0.05) is 0 Å². The lowest BCUT2D eigenvalue weighted by atomic mass is 9.90. The number of ketones is 2. The van der Waals surface area contributed by atoms with Gasteiger partial charge in [0.15, 0.2) is 5.78 Å². The van der Waals surface area contributed by atoms with Crippen molar-refractivity contribution < 1.29 is 19.5 Å². The molecule has 1 aliphatic heterocycles. The molecule has 1 aliphatic rings. The molecule has 6 heteroatoms. The van der Waals surface area contributed by atoms with Gasteiger partial charge in [-0.05, 0) is 30.9 Å². The minimum absolute atomic E-state index is 0.0782. The molecular formula is C15H18N2O4. The van der Waals surface area contributed by atoms with Gasteiger partial charge in [-0.3, -0.25) is 14.6 Å². The van der Waals surface area contributed by atoms with Crippen LogP contribution in [0.4, 0.5) is 4.79 Å². The average molecular weight is 290 g/mol. The van der Waals surface area contributed by atoms with Crippen LogP contribution in [0.3, 0.4) is 0 Å². The third-order valence-electron chi connectivity index (χ3n) is 3.76. The Balaban J connectivity index is 1.78. The van der Waals surface area contributed by atoms with E-state index in [2.05, 4.69) is 4.98 Å². The van der Waals surface area contributed by atoms with E-state index in [9.17, 15) is 14.4 Å². The Bertz CT molecular complexity index is 522. The van der Waals surface area contributed by atoms with Crippen LogP contribution in [0.25, 0.3) is 0 Å². The number of likely N-dealkylation sites (tertiary alicyclic amines) is 1. The summed E-state index contributed by atoms with van der Waals surface area (Å²) in [7, 11) is 0. The molecule has 2 rings (SSSR count). The van der Waals surface area contributed by atoms with Crippen molar-refractivity contribution in [3.05, 3.63) is 30.1 Å². The van der Waals surface area contributed by atoms with E-state index >= 15 is 0 Å². The molecule has 1 aromatic heterocycles. The van der Waals surface area contributed by atoms with Gasteiger partial charge in [-0.15, -0.1) is 0 Å². The number of pyridine rings is 1. The van der Waals surface area contributed by atoms with Crippen LogP contribution < -0.4 is 0 Å². The molecule has 1 amide bonds. The second kappa shape index (κ2) is 6.97. The fourth-order valence-corrected chi connectivity index (χ4v) is 2.54. The number of carbonyl (C=O) groups excluding carboxylic acids is 2. The largest absolute Gasteiger partial charge is 0.465 e. The van der Waals surface area contributed by atoms with Gasteiger partial charge < -0.3 is 10.0 Å². The third-order valence-corrected chi connectivity index (χ3v) is 3.76. The summed E-state index contributed by atoms with van der Waals surface area (Å²) < 4.78 is 0. The summed E-state index contributed by atoms with van der Waals surface area (Å²) in [5, 5.41) is 8.86. The van der Waals surface area contributed by atoms with Gasteiger partial charge in [-0.25, -0.2) is 4.79 Å². The van der Waals surface area contributed by atoms with Crippen molar-refractivity contribution >= 4 is 17.7 Å². The molecule has 1 fully saturated rings. The Morgan fingerprint density at radius 1 is 1.19 bits per heavy atom. The zero-order valence-corrected chi connectivity index (χ0v) is 11.7. The molecule has 6 nitrogen and oxygen atoms in total. The zero-order chi connectivity index (χ0) is 15.2. The topological polar surface area (TPSA) is 87.6 Å². The number of piperidine rings is 1. The van der Waals surface area contributed by atoms with E-state index in [1.807, 2.05) is 0 Å². The highest BCUT2D eigenvalue weighted by atomic mass is 16.4. The summed E-state index contributed by atoms with van der Waals surface area (Å²) in [5.41, 5.74) is 0.499. The van der Waals surface area contributed by atoms with E-state index < -0.39 is 6.09 Å². The van der Waals surface area contributed by atoms with Crippen LogP contribution in [0.1, 0.15) is 36.0 Å². The summed E-state index contributed by atoms with van der Waals surface area (Å²) in [6, 6.07) is 3.20. The van der Waals surface area contributed by atoms with Crippen molar-refractivity contribution in [2.45, 2.75) is 25.7 Å². The summed E-state index contributed by atoms with van der Waals surface area (Å²) in [4.78, 5) is 39.8. The first-order valence-corrected chi connectivity index (χ1v) is 6.99. The molecule has 0 bridgehead atoms. The molecule has 21 heavy (non-hydrogen) atoms. The van der Waals surface area contributed by atoms with Crippen molar-refractivity contribution in [2.75, 3.05) is 13.1 Å². The summed E-state index contributed by atoms with van der Waals surface area (Å²) in [6.07, 6.45) is 3.77. The average Bonchev–Trinajstić information content (AvgIpc) is 2.48. The Labute approximate surface area is 122 Å². The van der Waals surface area contributed by atoms with Crippen LogP contribution >= 0.6 is 0 Å². The molecule has 1 saturated heterocycles. The fraction of sp³-hybridized carbons (Fsp3) is 0.467. The van der Waals surface area contributed by atoms with Gasteiger partial charge in [0.25, 0.3) is 0 Å². The van der Waals surface area contributed by atoms with Gasteiger partial charge in [0.05, 0.1) is 6.42 Å². The summed E-state index contributed by atoms with van der Waals surface area (Å²) >= 11 is 0. The number of aromatic nitrogens is 1. The van der Waals surface area contributed by atoms with Crippen LogP contribution in [0.2, 0.25) is 0 Å². The van der Waals surface area contributed by atoms with Crippen molar-refractivity contribution in [3.8, 4) is 0 Å². The van der Waals surface area contributed by atoms with Crippen LogP contribution in [0.15, 0.2) is 24.5 Å². The van der Waals surface area contributed by atoms with Crippen LogP contribution in [-0.2, 0) is 4.79 Å². The number of carbonyl (C=O) groups is 3. The maximum absolute atomic E-state index is 11.9. The summed E-state index contributed by atoms with van der Waals surface area (Å²) in [6.45, 7) is 0.928. The first kappa shape index (κ1) is 15.2. The second-order valence-electron chi connectivity index (χ2n) is 5.29. The number of hydrogen-bond donors (Lipinski definition) is 1. The molecule has 112 valence electrons. The first-order valence-electron chi connectivity index (χ1n) is 6.99. The molecule has 2 heterocycles. The number of rotatable bonds is 5. The van der Waals surface area contributed by atoms with Crippen molar-refractivity contribution in [1.29, 1.82) is 0 Å². The monoisotopic (exact) mass is 290 g/mol. The normalized spacial score (nSPS) is 15.7. The standard InChI is InChI=1S/C15H18N2O4/c18-13(10-14(19)12-1-5-16-6-2-12)9-11-3-7-17(8-4-11)15(20)21/h1-2,5-6,11H,3-4,7-10H2,(H,20,21). The van der Waals surface area contributed by atoms with Crippen molar-refractivity contribution in [1.82, 2.24) is 9.88 Å². The van der Waals surface area contributed by atoms with Crippen LogP contribution in [0, 0.1) is 5.92 Å². The predicted molar refractivity (Wildman–Crippen MR) is 75.1 cm³/mol. The van der Waals surface area contributed by atoms with E-state index in [0.29, 0.717) is 37.9 Å². The van der Waals surface area contributed by atoms with Gasteiger partial charge in [0, 0.05) is 37.5 Å². The van der Waals surface area contributed by atoms with Gasteiger partial charge in [0.2, 0.25) is 0 Å². The Hall–Kier alpha value is -2.24. The Kier molecular flexibility index (Phi) is 5.03. The molecule has 0 radical (unpaired) electrons. The zero-order valence-electron chi connectivity index (χ0n) is 11.7. The first-order chi connectivity index (χ1) is 10.1. The second-order valence-corrected chi connectivity index (χ2v) is 5.29. The number of amides is 1. The third kappa shape index (κ3) is 4.37. The molecule has 0 spiro atoms. The van der Waals surface area contributed by atoms with Crippen LogP contribution in [0.5, 0.6) is 0 Å². The minimum atomic E-state index is -0.910. The molecule has 0 atom stereocenters. The highest BCUT2D eigenvalue weighted by molar-refractivity contribution is 6.07. The highest BCUT2D eigenvalue weighted by Gasteiger charge is 2.24. The molecule has 1 N–H and O–H groups in total. The van der Waals surface area contributed by atoms with Gasteiger partial charge in [-0.2, -0.15) is 0 Å². The lowest BCUT2D eigenvalue weighted by Crippen LogP contribution is -2.37. The molecule has 1 aromatic rings. The van der Waals surface area contributed by atoms with Crippen molar-refractivity contribution in [3.63, 3.8) is 0 Å². The van der Waals surface area contributed by atoms with Crippen LogP contribution in [-0.4, -0.2) is 45.7 Å². The SMILES string of the molecule is O=C(CC(=O)c1ccncc1)CC1CCN(C(=O)O)CC1. The fourth-order valence-electron chi connectivity index (χ4n) is 2.54. The van der Waals surface area contributed by atoms with Crippen molar-refractivity contribution in [2.24, 2.45) is 5.92 Å². The lowest BCUT2D eigenvalue weighted by Gasteiger charge is -2.29. The molecule has 0 aliphatic carbocycles. The lowest BCUT2D eigenvalue weighted by molar-refractivity contribution is -0.119. The van der Waals surface area contributed by atoms with E-state index in [4.69, 9.17) is 5.11 Å². The Morgan fingerprint density at radius 3 is 2.38 bits per heavy atom. The molecular weight excluding hydrogens is 272 g/mol. The number of hydrogen-bond acceptors (Lipinski definition) is 4. The molecule has 0 saturated carbocycles. The van der Waals surface area contributed by atoms with E-state index in [0.717, 1.165) is 0 Å². The van der Waals surface area contributed by atoms with Gasteiger partial charge >= 0.3 is 6.09 Å². The Morgan fingerprint density at radius 2 is 1.81 bits per heavy atom. The maximum Gasteiger partial charge on any atom is 0.407 e. The molecule has 0 unspecified atom stereocenters. The van der Waals surface area contributed by atoms with E-state index in [1.165, 1.54) is 17.3 Å². The predicted octanol–water partition coefficient (Wildman–Crippen LogP) is 2.00. The highest BCUT2D eigenvalue weighted by Crippen LogP contribution is 2.21. The quantitative estimate of drug-likeness (QED) is 0.662. The van der Waals surface area contributed by atoms with E-state index in [-0.39, 0.29) is 23.9 Å². The molecule has 0 aromatic carbocycles. The minimum Gasteiger partial charge on any atom is -0.465 e. The number of carboxylic acid groups (broad SMARTS) is 1. The number of nitrogens with zero attached hydrogens (tertiary/aromatic N) is 2. The summed E-state index contributed by atoms with van der Waals surface area (Å²) in [5.74, 6) is -0.0886.